The first-order valence-electron chi connectivity index (χ1n) is 6.81. The lowest BCUT2D eigenvalue weighted by Gasteiger charge is -2.43. The van der Waals surface area contributed by atoms with E-state index in [1.54, 1.807) is 4.90 Å². The number of hydrogen-bond donors (Lipinski definition) is 1. The average molecular weight is 293 g/mol. The summed E-state index contributed by atoms with van der Waals surface area (Å²) in [6.07, 6.45) is 0. The number of hydrogen-bond acceptors (Lipinski definition) is 5. The third-order valence-electron chi connectivity index (χ3n) is 4.26. The van der Waals surface area contributed by atoms with E-state index in [1.807, 2.05) is 14.0 Å². The number of phenols is 1. The molecule has 1 aliphatic rings. The fourth-order valence-corrected chi connectivity index (χ4v) is 2.56. The van der Waals surface area contributed by atoms with E-state index in [0.717, 1.165) is 18.7 Å². The van der Waals surface area contributed by atoms with Crippen LogP contribution in [0.5, 0.6) is 5.75 Å². The van der Waals surface area contributed by atoms with E-state index in [9.17, 15) is 20.0 Å². The average Bonchev–Trinajstić information content (AvgIpc) is 2.44. The summed E-state index contributed by atoms with van der Waals surface area (Å²) in [6, 6.07) is 3.97. The second-order valence-corrected chi connectivity index (χ2v) is 5.42. The van der Waals surface area contributed by atoms with E-state index in [4.69, 9.17) is 0 Å². The number of nitro benzene ring substituents is 1. The maximum Gasteiger partial charge on any atom is 0.310 e. The molecule has 0 saturated carbocycles. The minimum absolute atomic E-state index is 0.0357. The summed E-state index contributed by atoms with van der Waals surface area (Å²) >= 11 is 0. The van der Waals surface area contributed by atoms with Gasteiger partial charge in [-0.25, -0.2) is 0 Å². The highest BCUT2D eigenvalue weighted by atomic mass is 16.6. The van der Waals surface area contributed by atoms with Gasteiger partial charge >= 0.3 is 5.69 Å². The zero-order valence-corrected chi connectivity index (χ0v) is 12.3. The van der Waals surface area contributed by atoms with E-state index < -0.39 is 16.4 Å². The Morgan fingerprint density at radius 1 is 1.33 bits per heavy atom. The molecule has 1 heterocycles. The van der Waals surface area contributed by atoms with Crippen LogP contribution >= 0.6 is 0 Å². The maximum atomic E-state index is 12.5. The van der Waals surface area contributed by atoms with Crippen molar-refractivity contribution in [2.24, 2.45) is 0 Å². The van der Waals surface area contributed by atoms with Crippen LogP contribution in [0.3, 0.4) is 0 Å². The Morgan fingerprint density at radius 3 is 2.57 bits per heavy atom. The molecular weight excluding hydrogens is 274 g/mol. The van der Waals surface area contributed by atoms with Crippen LogP contribution in [0.15, 0.2) is 18.2 Å². The van der Waals surface area contributed by atoms with Crippen molar-refractivity contribution >= 4 is 11.6 Å². The SMILES string of the molecule is CC1C(C)N(C(=O)c2ccc([N+](=O)[O-])c(O)c2)CCN1C. The Balaban J connectivity index is 2.24. The number of phenolic OH excluding ortho intramolecular Hbond substituents is 1. The van der Waals surface area contributed by atoms with Gasteiger partial charge in [0.25, 0.3) is 5.91 Å². The van der Waals surface area contributed by atoms with Crippen molar-refractivity contribution in [1.82, 2.24) is 9.80 Å². The first kappa shape index (κ1) is 15.2. The van der Waals surface area contributed by atoms with Crippen molar-refractivity contribution < 1.29 is 14.8 Å². The van der Waals surface area contributed by atoms with Crippen LogP contribution in [-0.4, -0.2) is 58.0 Å². The van der Waals surface area contributed by atoms with Crippen molar-refractivity contribution in [2.75, 3.05) is 20.1 Å². The molecule has 0 aromatic heterocycles. The summed E-state index contributed by atoms with van der Waals surface area (Å²) in [7, 11) is 2.01. The largest absolute Gasteiger partial charge is 0.502 e. The van der Waals surface area contributed by atoms with Crippen LogP contribution in [-0.2, 0) is 0 Å². The molecule has 0 radical (unpaired) electrons. The van der Waals surface area contributed by atoms with Crippen LogP contribution in [0.4, 0.5) is 5.69 Å². The highest BCUT2D eigenvalue weighted by Gasteiger charge is 2.32. The highest BCUT2D eigenvalue weighted by molar-refractivity contribution is 5.95. The van der Waals surface area contributed by atoms with E-state index in [1.165, 1.54) is 6.07 Å². The minimum atomic E-state index is -0.676. The summed E-state index contributed by atoms with van der Waals surface area (Å²) in [5.41, 5.74) is -0.131. The number of aromatic hydroxyl groups is 1. The first-order valence-corrected chi connectivity index (χ1v) is 6.81. The molecule has 2 atom stereocenters. The maximum absolute atomic E-state index is 12.5. The predicted octanol–water partition coefficient (Wildman–Crippen LogP) is 1.47. The number of rotatable bonds is 2. The first-order chi connectivity index (χ1) is 9.82. The zero-order chi connectivity index (χ0) is 15.7. The molecule has 1 saturated heterocycles. The monoisotopic (exact) mass is 293 g/mol. The van der Waals surface area contributed by atoms with Gasteiger partial charge in [-0.2, -0.15) is 0 Å². The molecule has 7 nitrogen and oxygen atoms in total. The van der Waals surface area contributed by atoms with E-state index in [2.05, 4.69) is 11.8 Å². The summed E-state index contributed by atoms with van der Waals surface area (Å²) in [5.74, 6) is -0.701. The van der Waals surface area contributed by atoms with Crippen molar-refractivity contribution in [3.63, 3.8) is 0 Å². The Morgan fingerprint density at radius 2 is 2.00 bits per heavy atom. The van der Waals surface area contributed by atoms with Crippen LogP contribution in [0.1, 0.15) is 24.2 Å². The molecule has 114 valence electrons. The minimum Gasteiger partial charge on any atom is -0.502 e. The molecule has 2 rings (SSSR count). The predicted molar refractivity (Wildman–Crippen MR) is 77.4 cm³/mol. The second-order valence-electron chi connectivity index (χ2n) is 5.42. The van der Waals surface area contributed by atoms with Gasteiger partial charge in [0.1, 0.15) is 0 Å². The molecule has 0 aliphatic carbocycles. The lowest BCUT2D eigenvalue weighted by molar-refractivity contribution is -0.385. The Labute approximate surface area is 122 Å². The second kappa shape index (κ2) is 5.69. The van der Waals surface area contributed by atoms with Crippen LogP contribution in [0.25, 0.3) is 0 Å². The van der Waals surface area contributed by atoms with Gasteiger partial charge in [0.15, 0.2) is 5.75 Å². The summed E-state index contributed by atoms with van der Waals surface area (Å²) in [5, 5.41) is 20.3. The Hall–Kier alpha value is -2.15. The number of nitrogens with zero attached hydrogens (tertiary/aromatic N) is 3. The standard InChI is InChI=1S/C14H19N3O4/c1-9-10(2)16(7-6-15(9)3)14(19)11-4-5-12(17(20)21)13(18)8-11/h4-5,8-10,18H,6-7H2,1-3H3. The molecule has 7 heteroatoms. The molecule has 0 bridgehead atoms. The number of carbonyl (C=O) groups is 1. The van der Waals surface area contributed by atoms with Crippen LogP contribution < -0.4 is 0 Å². The molecule has 0 spiro atoms. The van der Waals surface area contributed by atoms with Gasteiger partial charge in [0, 0.05) is 36.8 Å². The van der Waals surface area contributed by atoms with Crippen molar-refractivity contribution in [2.45, 2.75) is 25.9 Å². The lowest BCUT2D eigenvalue weighted by atomic mass is 10.0. The van der Waals surface area contributed by atoms with Gasteiger partial charge in [-0.05, 0) is 33.0 Å². The quantitative estimate of drug-likeness (QED) is 0.659. The highest BCUT2D eigenvalue weighted by Crippen LogP contribution is 2.27. The smallest absolute Gasteiger partial charge is 0.310 e. The van der Waals surface area contributed by atoms with Gasteiger partial charge in [-0.15, -0.1) is 0 Å². The van der Waals surface area contributed by atoms with Gasteiger partial charge in [0.2, 0.25) is 0 Å². The lowest BCUT2D eigenvalue weighted by Crippen LogP contribution is -2.57. The molecule has 1 aromatic carbocycles. The van der Waals surface area contributed by atoms with Gasteiger partial charge in [-0.1, -0.05) is 0 Å². The fraction of sp³-hybridized carbons (Fsp3) is 0.500. The third-order valence-corrected chi connectivity index (χ3v) is 4.26. The number of amides is 1. The van der Waals surface area contributed by atoms with Crippen molar-refractivity contribution in [3.8, 4) is 5.75 Å². The molecular formula is C14H19N3O4. The molecule has 1 fully saturated rings. The van der Waals surface area contributed by atoms with E-state index in [-0.39, 0.29) is 23.6 Å². The molecule has 1 N–H and O–H groups in total. The van der Waals surface area contributed by atoms with Crippen molar-refractivity contribution in [3.05, 3.63) is 33.9 Å². The summed E-state index contributed by atoms with van der Waals surface area (Å²) in [4.78, 5) is 26.4. The third kappa shape index (κ3) is 2.82. The molecule has 1 amide bonds. The van der Waals surface area contributed by atoms with Gasteiger partial charge < -0.3 is 10.0 Å². The molecule has 21 heavy (non-hydrogen) atoms. The number of benzene rings is 1. The van der Waals surface area contributed by atoms with Gasteiger partial charge in [-0.3, -0.25) is 19.8 Å². The molecule has 2 unspecified atom stereocenters. The van der Waals surface area contributed by atoms with E-state index in [0.29, 0.717) is 6.54 Å². The van der Waals surface area contributed by atoms with Crippen LogP contribution in [0.2, 0.25) is 0 Å². The van der Waals surface area contributed by atoms with E-state index >= 15 is 0 Å². The molecule has 1 aliphatic heterocycles. The summed E-state index contributed by atoms with van der Waals surface area (Å²) < 4.78 is 0. The number of piperazine rings is 1. The molecule has 1 aromatic rings. The van der Waals surface area contributed by atoms with Gasteiger partial charge in [0.05, 0.1) is 4.92 Å². The Bertz CT molecular complexity index is 575. The summed E-state index contributed by atoms with van der Waals surface area (Å²) in [6.45, 7) is 5.40. The zero-order valence-electron chi connectivity index (χ0n) is 12.3. The Kier molecular flexibility index (Phi) is 4.13. The van der Waals surface area contributed by atoms with Crippen molar-refractivity contribution in [1.29, 1.82) is 0 Å². The number of carbonyl (C=O) groups excluding carboxylic acids is 1. The topological polar surface area (TPSA) is 86.9 Å². The number of nitro groups is 1. The fourth-order valence-electron chi connectivity index (χ4n) is 2.56. The van der Waals surface area contributed by atoms with Crippen LogP contribution in [0, 0.1) is 10.1 Å². The number of likely N-dealkylation sites (N-methyl/N-ethyl adjacent to an activating group) is 1. The normalized spacial score (nSPS) is 23.1.